The topological polar surface area (TPSA) is 66.7 Å². The summed E-state index contributed by atoms with van der Waals surface area (Å²) in [5.74, 6) is -0.131. The summed E-state index contributed by atoms with van der Waals surface area (Å²) in [6, 6.07) is 1.39. The summed E-state index contributed by atoms with van der Waals surface area (Å²) in [6.45, 7) is 2.17. The molecule has 1 aliphatic rings. The molecule has 0 unspecified atom stereocenters. The number of nitrogens with zero attached hydrogens (tertiary/aromatic N) is 3. The van der Waals surface area contributed by atoms with Gasteiger partial charge in [0.05, 0.1) is 9.80 Å². The highest BCUT2D eigenvalue weighted by Gasteiger charge is 2.41. The highest BCUT2D eigenvalue weighted by Crippen LogP contribution is 2.41. The Morgan fingerprint density at radius 2 is 2.05 bits per heavy atom. The van der Waals surface area contributed by atoms with Crippen molar-refractivity contribution in [3.8, 4) is 0 Å². The van der Waals surface area contributed by atoms with Crippen molar-refractivity contribution in [3.63, 3.8) is 0 Å². The normalized spacial score (nSPS) is 16.6. The SMILES string of the molecule is CC(=O)c1cc([N+](=O)[O-])c(N(C)CC2(N(C)C)CCC2)s1. The molecule has 0 saturated heterocycles. The van der Waals surface area contributed by atoms with E-state index in [1.54, 1.807) is 0 Å². The van der Waals surface area contributed by atoms with Crippen LogP contribution in [0.2, 0.25) is 0 Å². The molecule has 7 heteroatoms. The molecule has 6 nitrogen and oxygen atoms in total. The van der Waals surface area contributed by atoms with Crippen LogP contribution in [-0.2, 0) is 0 Å². The average Bonchev–Trinajstić information content (AvgIpc) is 2.78. The van der Waals surface area contributed by atoms with Crippen molar-refractivity contribution >= 4 is 27.8 Å². The molecule has 2 rings (SSSR count). The highest BCUT2D eigenvalue weighted by atomic mass is 32.1. The molecule has 21 heavy (non-hydrogen) atoms. The number of ketones is 1. The number of hydrogen-bond acceptors (Lipinski definition) is 6. The summed E-state index contributed by atoms with van der Waals surface area (Å²) in [6.07, 6.45) is 3.39. The molecule has 0 aliphatic heterocycles. The van der Waals surface area contributed by atoms with Gasteiger partial charge >= 0.3 is 5.69 Å². The van der Waals surface area contributed by atoms with Crippen molar-refractivity contribution in [2.24, 2.45) is 0 Å². The van der Waals surface area contributed by atoms with E-state index in [1.165, 1.54) is 30.7 Å². The van der Waals surface area contributed by atoms with E-state index in [2.05, 4.69) is 19.0 Å². The van der Waals surface area contributed by atoms with Gasteiger partial charge in [0, 0.05) is 25.2 Å². The minimum atomic E-state index is -0.405. The van der Waals surface area contributed by atoms with Gasteiger partial charge in [0.1, 0.15) is 0 Å². The van der Waals surface area contributed by atoms with Gasteiger partial charge in [-0.05, 0) is 40.3 Å². The van der Waals surface area contributed by atoms with Gasteiger partial charge in [-0.2, -0.15) is 0 Å². The minimum Gasteiger partial charge on any atom is -0.359 e. The lowest BCUT2D eigenvalue weighted by Gasteiger charge is -2.49. The Bertz CT molecular complexity index is 564. The lowest BCUT2D eigenvalue weighted by Crippen LogP contribution is -2.56. The Labute approximate surface area is 128 Å². The van der Waals surface area contributed by atoms with Crippen LogP contribution < -0.4 is 4.90 Å². The van der Waals surface area contributed by atoms with Crippen LogP contribution in [-0.4, -0.2) is 48.8 Å². The van der Waals surface area contributed by atoms with Crippen LogP contribution in [0.5, 0.6) is 0 Å². The Morgan fingerprint density at radius 1 is 1.43 bits per heavy atom. The first-order valence-electron chi connectivity index (χ1n) is 6.94. The molecule has 0 N–H and O–H groups in total. The molecule has 1 aromatic rings. The highest BCUT2D eigenvalue weighted by molar-refractivity contribution is 7.18. The summed E-state index contributed by atoms with van der Waals surface area (Å²) in [5.41, 5.74) is 0.115. The van der Waals surface area contributed by atoms with Crippen molar-refractivity contribution in [1.82, 2.24) is 4.90 Å². The van der Waals surface area contributed by atoms with Gasteiger partial charge in [0.25, 0.3) is 0 Å². The number of likely N-dealkylation sites (N-methyl/N-ethyl adjacent to an activating group) is 2. The van der Waals surface area contributed by atoms with E-state index in [9.17, 15) is 14.9 Å². The predicted octanol–water partition coefficient (Wildman–Crippen LogP) is 2.78. The molecule has 1 saturated carbocycles. The molecule has 0 amide bonds. The van der Waals surface area contributed by atoms with E-state index in [-0.39, 0.29) is 17.0 Å². The number of carbonyl (C=O) groups is 1. The summed E-state index contributed by atoms with van der Waals surface area (Å²) >= 11 is 1.21. The van der Waals surface area contributed by atoms with E-state index in [1.807, 2.05) is 11.9 Å². The number of thiophene rings is 1. The number of rotatable bonds is 6. The molecule has 1 aliphatic carbocycles. The quantitative estimate of drug-likeness (QED) is 0.459. The zero-order valence-electron chi connectivity index (χ0n) is 12.9. The standard InChI is InChI=1S/C14H21N3O3S/c1-10(18)12-8-11(17(19)20)13(21-12)16(4)9-14(15(2)3)6-5-7-14/h8H,5-7,9H2,1-4H3. The molecule has 0 aromatic carbocycles. The van der Waals surface area contributed by atoms with E-state index in [4.69, 9.17) is 0 Å². The zero-order chi connectivity index (χ0) is 15.8. The summed E-state index contributed by atoms with van der Waals surface area (Å²) in [5, 5.41) is 11.8. The number of Topliss-reactive ketones (excluding diaryl/α,β-unsaturated/α-hetero) is 1. The second-order valence-corrected chi connectivity index (χ2v) is 6.97. The van der Waals surface area contributed by atoms with Crippen LogP contribution in [0.25, 0.3) is 0 Å². The van der Waals surface area contributed by atoms with Gasteiger partial charge in [-0.1, -0.05) is 0 Å². The molecule has 0 atom stereocenters. The Morgan fingerprint density at radius 3 is 2.43 bits per heavy atom. The smallest absolute Gasteiger partial charge is 0.304 e. The monoisotopic (exact) mass is 311 g/mol. The van der Waals surface area contributed by atoms with Gasteiger partial charge in [0.2, 0.25) is 0 Å². The van der Waals surface area contributed by atoms with Crippen LogP contribution in [0.4, 0.5) is 10.7 Å². The van der Waals surface area contributed by atoms with Crippen LogP contribution in [0.15, 0.2) is 6.07 Å². The molecule has 1 heterocycles. The van der Waals surface area contributed by atoms with E-state index in [0.717, 1.165) is 19.4 Å². The summed E-state index contributed by atoms with van der Waals surface area (Å²) in [4.78, 5) is 26.9. The van der Waals surface area contributed by atoms with E-state index < -0.39 is 4.92 Å². The van der Waals surface area contributed by atoms with Gasteiger partial charge in [-0.3, -0.25) is 14.9 Å². The fourth-order valence-corrected chi connectivity index (χ4v) is 3.78. The van der Waals surface area contributed by atoms with Crippen LogP contribution in [0.3, 0.4) is 0 Å². The largest absolute Gasteiger partial charge is 0.359 e. The second-order valence-electron chi connectivity index (χ2n) is 5.94. The van der Waals surface area contributed by atoms with Crippen LogP contribution >= 0.6 is 11.3 Å². The fourth-order valence-electron chi connectivity index (χ4n) is 2.79. The van der Waals surface area contributed by atoms with Crippen molar-refractivity contribution in [2.75, 3.05) is 32.6 Å². The van der Waals surface area contributed by atoms with Gasteiger partial charge in [0.15, 0.2) is 10.8 Å². The third kappa shape index (κ3) is 2.94. The predicted molar refractivity (Wildman–Crippen MR) is 84.5 cm³/mol. The maximum absolute atomic E-state index is 11.5. The van der Waals surface area contributed by atoms with Crippen molar-refractivity contribution < 1.29 is 9.72 Å². The Kier molecular flexibility index (Phi) is 4.34. The number of carbonyl (C=O) groups excluding carboxylic acids is 1. The molecule has 0 radical (unpaired) electrons. The van der Waals surface area contributed by atoms with Gasteiger partial charge < -0.3 is 9.80 Å². The maximum Gasteiger partial charge on any atom is 0.304 e. The first-order valence-corrected chi connectivity index (χ1v) is 7.76. The van der Waals surface area contributed by atoms with Crippen LogP contribution in [0.1, 0.15) is 35.9 Å². The summed E-state index contributed by atoms with van der Waals surface area (Å²) < 4.78 is 0. The van der Waals surface area contributed by atoms with E-state index in [0.29, 0.717) is 9.88 Å². The number of hydrogen-bond donors (Lipinski definition) is 0. The molecule has 0 spiro atoms. The molecular weight excluding hydrogens is 290 g/mol. The Hall–Kier alpha value is -1.47. The third-order valence-electron chi connectivity index (χ3n) is 4.35. The molecule has 1 fully saturated rings. The average molecular weight is 311 g/mol. The van der Waals surface area contributed by atoms with Crippen molar-refractivity contribution in [3.05, 3.63) is 21.1 Å². The Balaban J connectivity index is 2.28. The van der Waals surface area contributed by atoms with Gasteiger partial charge in [-0.25, -0.2) is 0 Å². The fraction of sp³-hybridized carbons (Fsp3) is 0.643. The zero-order valence-corrected chi connectivity index (χ0v) is 13.7. The van der Waals surface area contributed by atoms with Crippen molar-refractivity contribution in [1.29, 1.82) is 0 Å². The lowest BCUT2D eigenvalue weighted by molar-refractivity contribution is -0.383. The molecular formula is C14H21N3O3S. The van der Waals surface area contributed by atoms with Crippen molar-refractivity contribution in [2.45, 2.75) is 31.7 Å². The minimum absolute atomic E-state index is 0.0286. The second kappa shape index (κ2) is 5.73. The third-order valence-corrected chi connectivity index (χ3v) is 5.69. The van der Waals surface area contributed by atoms with E-state index >= 15 is 0 Å². The molecule has 116 valence electrons. The number of anilines is 1. The number of nitro groups is 1. The first kappa shape index (κ1) is 15.9. The van der Waals surface area contributed by atoms with Crippen LogP contribution in [0, 0.1) is 10.1 Å². The maximum atomic E-state index is 11.5. The summed E-state index contributed by atoms with van der Waals surface area (Å²) in [7, 11) is 5.97. The van der Waals surface area contributed by atoms with Gasteiger partial charge in [-0.15, -0.1) is 11.3 Å². The lowest BCUT2D eigenvalue weighted by atomic mass is 9.75. The molecule has 0 bridgehead atoms. The molecule has 1 aromatic heterocycles. The first-order chi connectivity index (χ1) is 9.77.